The summed E-state index contributed by atoms with van der Waals surface area (Å²) in [6.45, 7) is -3.02. The predicted molar refractivity (Wildman–Crippen MR) is 65.8 cm³/mol. The van der Waals surface area contributed by atoms with Crippen molar-refractivity contribution in [3.8, 4) is 5.75 Å². The molecule has 6 heteroatoms. The topological polar surface area (TPSA) is 39.2 Å². The number of ether oxygens (including phenoxy) is 1. The maximum Gasteiger partial charge on any atom is 0.387 e. The molecule has 2 rings (SSSR count). The number of pyridine rings is 1. The van der Waals surface area contributed by atoms with Crippen LogP contribution in [0, 0.1) is 0 Å². The minimum atomic E-state index is -3.02. The SMILES string of the molecule is O=C(c1ccccn1)c1cc(Cl)ccc1OC(F)F. The summed E-state index contributed by atoms with van der Waals surface area (Å²) in [5, 5.41) is 0.251. The largest absolute Gasteiger partial charge is 0.434 e. The Bertz CT molecular complexity index is 590. The molecule has 19 heavy (non-hydrogen) atoms. The van der Waals surface area contributed by atoms with Crippen LogP contribution in [0.15, 0.2) is 42.6 Å². The predicted octanol–water partition coefficient (Wildman–Crippen LogP) is 3.57. The van der Waals surface area contributed by atoms with Crippen LogP contribution in [-0.2, 0) is 0 Å². The quantitative estimate of drug-likeness (QED) is 0.805. The zero-order valence-electron chi connectivity index (χ0n) is 9.52. The minimum Gasteiger partial charge on any atom is -0.434 e. The van der Waals surface area contributed by atoms with E-state index in [0.29, 0.717) is 0 Å². The van der Waals surface area contributed by atoms with E-state index in [9.17, 15) is 13.6 Å². The number of rotatable bonds is 4. The van der Waals surface area contributed by atoms with Gasteiger partial charge in [0.05, 0.1) is 5.56 Å². The standard InChI is InChI=1S/C13H8ClF2NO2/c14-8-4-5-11(19-13(15)16)9(7-8)12(18)10-3-1-2-6-17-10/h1-7,13H. The fraction of sp³-hybridized carbons (Fsp3) is 0.0769. The van der Waals surface area contributed by atoms with Crippen molar-refractivity contribution >= 4 is 17.4 Å². The fourth-order valence-corrected chi connectivity index (χ4v) is 1.69. The number of aromatic nitrogens is 1. The van der Waals surface area contributed by atoms with Gasteiger partial charge in [-0.2, -0.15) is 8.78 Å². The van der Waals surface area contributed by atoms with Gasteiger partial charge in [-0.15, -0.1) is 0 Å². The third-order valence-corrected chi connectivity index (χ3v) is 2.53. The minimum absolute atomic E-state index is 0.0495. The van der Waals surface area contributed by atoms with E-state index in [4.69, 9.17) is 11.6 Å². The Morgan fingerprint density at radius 3 is 2.68 bits per heavy atom. The molecule has 2 aromatic rings. The maximum absolute atomic E-state index is 12.3. The number of nitrogens with zero attached hydrogens (tertiary/aromatic N) is 1. The van der Waals surface area contributed by atoms with Gasteiger partial charge in [0.25, 0.3) is 0 Å². The Morgan fingerprint density at radius 1 is 1.26 bits per heavy atom. The van der Waals surface area contributed by atoms with Crippen molar-refractivity contribution in [2.75, 3.05) is 0 Å². The van der Waals surface area contributed by atoms with Crippen LogP contribution < -0.4 is 4.74 Å². The fourth-order valence-electron chi connectivity index (χ4n) is 1.51. The Labute approximate surface area is 112 Å². The van der Waals surface area contributed by atoms with Crippen LogP contribution in [0.1, 0.15) is 16.1 Å². The number of hydrogen-bond acceptors (Lipinski definition) is 3. The summed E-state index contributed by atoms with van der Waals surface area (Å²) in [4.78, 5) is 16.0. The third-order valence-electron chi connectivity index (χ3n) is 2.30. The molecule has 0 aliphatic rings. The monoisotopic (exact) mass is 283 g/mol. The van der Waals surface area contributed by atoms with E-state index in [2.05, 4.69) is 9.72 Å². The van der Waals surface area contributed by atoms with Gasteiger partial charge in [0, 0.05) is 11.2 Å². The summed E-state index contributed by atoms with van der Waals surface area (Å²) in [5.41, 5.74) is 0.0791. The van der Waals surface area contributed by atoms with Crippen LogP contribution in [0.4, 0.5) is 8.78 Å². The first kappa shape index (κ1) is 13.4. The lowest BCUT2D eigenvalue weighted by molar-refractivity contribution is -0.0501. The molecule has 3 nitrogen and oxygen atoms in total. The first-order chi connectivity index (χ1) is 9.08. The second-order valence-electron chi connectivity index (χ2n) is 3.56. The van der Waals surface area contributed by atoms with Crippen LogP contribution in [0.2, 0.25) is 5.02 Å². The maximum atomic E-state index is 12.3. The molecule has 0 spiro atoms. The molecule has 1 aromatic heterocycles. The summed E-state index contributed by atoms with van der Waals surface area (Å²) < 4.78 is 28.9. The second-order valence-corrected chi connectivity index (χ2v) is 4.00. The van der Waals surface area contributed by atoms with Crippen molar-refractivity contribution < 1.29 is 18.3 Å². The Morgan fingerprint density at radius 2 is 2.05 bits per heavy atom. The molecule has 0 bridgehead atoms. The van der Waals surface area contributed by atoms with Gasteiger partial charge in [-0.3, -0.25) is 9.78 Å². The average Bonchev–Trinajstić information content (AvgIpc) is 2.40. The molecule has 0 amide bonds. The normalized spacial score (nSPS) is 10.5. The zero-order valence-corrected chi connectivity index (χ0v) is 10.3. The van der Waals surface area contributed by atoms with Crippen LogP contribution in [0.3, 0.4) is 0 Å². The molecule has 1 aromatic carbocycles. The van der Waals surface area contributed by atoms with E-state index >= 15 is 0 Å². The van der Waals surface area contributed by atoms with Crippen molar-refractivity contribution in [2.45, 2.75) is 6.61 Å². The Kier molecular flexibility index (Phi) is 4.06. The summed E-state index contributed by atoms with van der Waals surface area (Å²) >= 11 is 5.77. The molecular weight excluding hydrogens is 276 g/mol. The van der Waals surface area contributed by atoms with Crippen LogP contribution in [-0.4, -0.2) is 17.4 Å². The molecular formula is C13H8ClF2NO2. The number of carbonyl (C=O) groups is 1. The van der Waals surface area contributed by atoms with Gasteiger partial charge in [0.15, 0.2) is 0 Å². The summed E-state index contributed by atoms with van der Waals surface area (Å²) in [6.07, 6.45) is 1.44. The molecule has 0 fully saturated rings. The van der Waals surface area contributed by atoms with Crippen LogP contribution in [0.25, 0.3) is 0 Å². The molecule has 1 heterocycles. The molecule has 0 saturated carbocycles. The van der Waals surface area contributed by atoms with E-state index in [1.165, 1.54) is 30.5 Å². The highest BCUT2D eigenvalue weighted by Gasteiger charge is 2.18. The first-order valence-electron chi connectivity index (χ1n) is 5.28. The summed E-state index contributed by atoms with van der Waals surface area (Å²) in [6, 6.07) is 8.62. The number of ketones is 1. The van der Waals surface area contributed by atoms with Gasteiger partial charge in [-0.1, -0.05) is 17.7 Å². The highest BCUT2D eigenvalue weighted by molar-refractivity contribution is 6.31. The lowest BCUT2D eigenvalue weighted by atomic mass is 10.1. The van der Waals surface area contributed by atoms with E-state index in [1.54, 1.807) is 12.1 Å². The van der Waals surface area contributed by atoms with E-state index in [-0.39, 0.29) is 22.0 Å². The third kappa shape index (κ3) is 3.26. The first-order valence-corrected chi connectivity index (χ1v) is 5.66. The summed E-state index contributed by atoms with van der Waals surface area (Å²) in [7, 11) is 0. The number of alkyl halides is 2. The number of hydrogen-bond donors (Lipinski definition) is 0. The molecule has 0 saturated heterocycles. The lowest BCUT2D eigenvalue weighted by Crippen LogP contribution is -2.10. The molecule has 0 atom stereocenters. The van der Waals surface area contributed by atoms with Crippen LogP contribution in [0.5, 0.6) is 5.75 Å². The van der Waals surface area contributed by atoms with Gasteiger partial charge in [0.1, 0.15) is 11.4 Å². The summed E-state index contributed by atoms with van der Waals surface area (Å²) in [5.74, 6) is -0.756. The molecule has 0 aliphatic heterocycles. The van der Waals surface area contributed by atoms with Crippen molar-refractivity contribution in [3.63, 3.8) is 0 Å². The number of carbonyl (C=O) groups excluding carboxylic acids is 1. The highest BCUT2D eigenvalue weighted by atomic mass is 35.5. The van der Waals surface area contributed by atoms with Gasteiger partial charge >= 0.3 is 6.61 Å². The van der Waals surface area contributed by atoms with E-state index < -0.39 is 12.4 Å². The Balaban J connectivity index is 2.43. The molecule has 0 N–H and O–H groups in total. The van der Waals surface area contributed by atoms with Gasteiger partial charge in [-0.25, -0.2) is 0 Å². The van der Waals surface area contributed by atoms with E-state index in [0.717, 1.165) is 0 Å². The average molecular weight is 284 g/mol. The van der Waals surface area contributed by atoms with Gasteiger partial charge in [-0.05, 0) is 30.3 Å². The number of benzene rings is 1. The van der Waals surface area contributed by atoms with Crippen LogP contribution >= 0.6 is 11.6 Å². The highest BCUT2D eigenvalue weighted by Crippen LogP contribution is 2.26. The molecule has 0 radical (unpaired) electrons. The molecule has 0 aliphatic carbocycles. The zero-order chi connectivity index (χ0) is 13.8. The molecule has 98 valence electrons. The Hall–Kier alpha value is -2.01. The van der Waals surface area contributed by atoms with Gasteiger partial charge < -0.3 is 4.74 Å². The van der Waals surface area contributed by atoms with Crippen molar-refractivity contribution in [1.82, 2.24) is 4.98 Å². The smallest absolute Gasteiger partial charge is 0.387 e. The van der Waals surface area contributed by atoms with Crippen molar-refractivity contribution in [3.05, 3.63) is 58.9 Å². The van der Waals surface area contributed by atoms with Crippen molar-refractivity contribution in [1.29, 1.82) is 0 Å². The second kappa shape index (κ2) is 5.75. The lowest BCUT2D eigenvalue weighted by Gasteiger charge is -2.10. The molecule has 0 unspecified atom stereocenters. The van der Waals surface area contributed by atoms with E-state index in [1.807, 2.05) is 0 Å². The van der Waals surface area contributed by atoms with Crippen molar-refractivity contribution in [2.24, 2.45) is 0 Å². The van der Waals surface area contributed by atoms with Gasteiger partial charge in [0.2, 0.25) is 5.78 Å². The number of halogens is 3.